The Balaban J connectivity index is 1.65. The van der Waals surface area contributed by atoms with E-state index >= 15 is 0 Å². The summed E-state index contributed by atoms with van der Waals surface area (Å²) in [6.07, 6.45) is 3.48. The topological polar surface area (TPSA) is 69.5 Å². The van der Waals surface area contributed by atoms with Gasteiger partial charge < -0.3 is 14.0 Å². The molecule has 36 heavy (non-hydrogen) atoms. The van der Waals surface area contributed by atoms with Crippen LogP contribution < -0.4 is 0 Å². The van der Waals surface area contributed by atoms with Gasteiger partial charge in [-0.25, -0.2) is 14.8 Å². The van der Waals surface area contributed by atoms with Crippen LogP contribution in [0.15, 0.2) is 36.5 Å². The molecule has 9 heteroatoms. The lowest BCUT2D eigenvalue weighted by Crippen LogP contribution is -2.37. The van der Waals surface area contributed by atoms with Crippen molar-refractivity contribution in [1.29, 1.82) is 0 Å². The number of pyridine rings is 1. The molecule has 3 heterocycles. The van der Waals surface area contributed by atoms with Crippen LogP contribution in [0.1, 0.15) is 45.5 Å². The molecule has 1 aromatic carbocycles. The highest BCUT2D eigenvalue weighted by atomic mass is 35.5. The Kier molecular flexibility index (Phi) is 7.78. The molecule has 0 spiro atoms. The van der Waals surface area contributed by atoms with Gasteiger partial charge in [-0.15, -0.1) is 0 Å². The van der Waals surface area contributed by atoms with Crippen molar-refractivity contribution >= 4 is 36.7 Å². The zero-order valence-electron chi connectivity index (χ0n) is 22.2. The predicted octanol–water partition coefficient (Wildman–Crippen LogP) is 7.14. The van der Waals surface area contributed by atoms with E-state index < -0.39 is 13.7 Å². The molecule has 1 aliphatic rings. The van der Waals surface area contributed by atoms with Crippen molar-refractivity contribution < 1.29 is 14.3 Å². The molecule has 0 N–H and O–H groups in total. The zero-order chi connectivity index (χ0) is 26.1. The number of imidazole rings is 1. The van der Waals surface area contributed by atoms with Gasteiger partial charge in [0.1, 0.15) is 23.3 Å². The van der Waals surface area contributed by atoms with Gasteiger partial charge >= 0.3 is 6.09 Å². The van der Waals surface area contributed by atoms with E-state index in [1.165, 1.54) is 0 Å². The molecule has 1 saturated heterocycles. The Bertz CT molecular complexity index is 1230. The van der Waals surface area contributed by atoms with E-state index in [0.717, 1.165) is 46.9 Å². The third-order valence-electron chi connectivity index (χ3n) is 6.16. The minimum atomic E-state index is -1.20. The van der Waals surface area contributed by atoms with E-state index in [9.17, 15) is 4.79 Å². The lowest BCUT2D eigenvalue weighted by molar-refractivity contribution is 0.0204. The number of aromatic nitrogens is 3. The Morgan fingerprint density at radius 2 is 1.94 bits per heavy atom. The molecule has 0 aliphatic carbocycles. The molecule has 0 bridgehead atoms. The molecule has 1 unspecified atom stereocenters. The number of hydrogen-bond acceptors (Lipinski definition) is 5. The SMILES string of the molecule is CC(C)(C)OC(=O)N1CCCC1c1nc(-c2ccc3nc(Cl)ccc3c2)cn1COCC[Si](C)(C)C. The summed E-state index contributed by atoms with van der Waals surface area (Å²) in [5, 5.41) is 1.47. The molecule has 0 radical (unpaired) electrons. The minimum absolute atomic E-state index is 0.157. The molecular weight excluding hydrogens is 492 g/mol. The van der Waals surface area contributed by atoms with Crippen LogP contribution in [0, 0.1) is 0 Å². The first-order chi connectivity index (χ1) is 16.9. The highest BCUT2D eigenvalue weighted by Gasteiger charge is 2.36. The van der Waals surface area contributed by atoms with Crippen LogP contribution in [0.4, 0.5) is 4.79 Å². The van der Waals surface area contributed by atoms with Crippen molar-refractivity contribution in [3.8, 4) is 11.3 Å². The van der Waals surface area contributed by atoms with Crippen molar-refractivity contribution in [1.82, 2.24) is 19.4 Å². The van der Waals surface area contributed by atoms with E-state index in [0.29, 0.717) is 25.0 Å². The van der Waals surface area contributed by atoms with E-state index in [1.54, 1.807) is 6.07 Å². The molecule has 1 amide bonds. The van der Waals surface area contributed by atoms with Crippen LogP contribution in [0.3, 0.4) is 0 Å². The largest absolute Gasteiger partial charge is 0.444 e. The number of rotatable bonds is 7. The molecule has 194 valence electrons. The maximum absolute atomic E-state index is 13.0. The monoisotopic (exact) mass is 528 g/mol. The molecule has 2 aromatic heterocycles. The van der Waals surface area contributed by atoms with Crippen molar-refractivity contribution in [2.45, 2.75) is 77.7 Å². The molecule has 1 fully saturated rings. The van der Waals surface area contributed by atoms with Crippen molar-refractivity contribution in [2.24, 2.45) is 0 Å². The number of ether oxygens (including phenoxy) is 2. The maximum Gasteiger partial charge on any atom is 0.410 e. The average molecular weight is 529 g/mol. The number of likely N-dealkylation sites (tertiary alicyclic amines) is 1. The summed E-state index contributed by atoms with van der Waals surface area (Å²) < 4.78 is 13.9. The highest BCUT2D eigenvalue weighted by molar-refractivity contribution is 6.76. The van der Waals surface area contributed by atoms with E-state index in [-0.39, 0.29) is 12.1 Å². The van der Waals surface area contributed by atoms with Gasteiger partial charge in [-0.05, 0) is 63.9 Å². The Morgan fingerprint density at radius 3 is 2.67 bits per heavy atom. The molecule has 1 aliphatic heterocycles. The van der Waals surface area contributed by atoms with Gasteiger partial charge in [0.2, 0.25) is 0 Å². The van der Waals surface area contributed by atoms with Crippen LogP contribution in [0.25, 0.3) is 22.2 Å². The average Bonchev–Trinajstić information content (AvgIpc) is 3.41. The first-order valence-corrected chi connectivity index (χ1v) is 16.7. The molecular formula is C27H37ClN4O3Si. The third kappa shape index (κ3) is 6.66. The van der Waals surface area contributed by atoms with Crippen LogP contribution in [-0.4, -0.2) is 52.4 Å². The van der Waals surface area contributed by atoms with Crippen LogP contribution in [0.2, 0.25) is 30.8 Å². The van der Waals surface area contributed by atoms with Gasteiger partial charge in [0, 0.05) is 38.4 Å². The number of nitrogens with zero attached hydrogens (tertiary/aromatic N) is 4. The fourth-order valence-corrected chi connectivity index (χ4v) is 5.22. The van der Waals surface area contributed by atoms with E-state index in [1.807, 2.05) is 50.1 Å². The van der Waals surface area contributed by atoms with Gasteiger partial charge in [-0.3, -0.25) is 4.90 Å². The Hall–Kier alpha value is -2.42. The minimum Gasteiger partial charge on any atom is -0.444 e. The van der Waals surface area contributed by atoms with Gasteiger partial charge in [-0.2, -0.15) is 0 Å². The Morgan fingerprint density at radius 1 is 1.17 bits per heavy atom. The van der Waals surface area contributed by atoms with E-state index in [2.05, 4.69) is 35.3 Å². The van der Waals surface area contributed by atoms with Gasteiger partial charge in [0.15, 0.2) is 0 Å². The first-order valence-electron chi connectivity index (χ1n) is 12.6. The van der Waals surface area contributed by atoms with Gasteiger partial charge in [0.25, 0.3) is 0 Å². The summed E-state index contributed by atoms with van der Waals surface area (Å²) >= 11 is 6.06. The summed E-state index contributed by atoms with van der Waals surface area (Å²) in [5.74, 6) is 0.829. The predicted molar refractivity (Wildman–Crippen MR) is 147 cm³/mol. The van der Waals surface area contributed by atoms with Crippen molar-refractivity contribution in [2.75, 3.05) is 13.2 Å². The highest BCUT2D eigenvalue weighted by Crippen LogP contribution is 2.35. The molecule has 0 saturated carbocycles. The zero-order valence-corrected chi connectivity index (χ0v) is 23.9. The van der Waals surface area contributed by atoms with Crippen LogP contribution >= 0.6 is 11.6 Å². The molecule has 7 nitrogen and oxygen atoms in total. The fourth-order valence-electron chi connectivity index (χ4n) is 4.31. The number of halogens is 1. The summed E-state index contributed by atoms with van der Waals surface area (Å²) in [5.41, 5.74) is 2.11. The van der Waals surface area contributed by atoms with Crippen molar-refractivity contribution in [3.63, 3.8) is 0 Å². The summed E-state index contributed by atoms with van der Waals surface area (Å²) in [4.78, 5) is 24.2. The second-order valence-corrected chi connectivity index (χ2v) is 17.7. The Labute approximate surface area is 219 Å². The number of fused-ring (bicyclic) bond motifs is 1. The number of hydrogen-bond donors (Lipinski definition) is 0. The second kappa shape index (κ2) is 10.5. The summed E-state index contributed by atoms with van der Waals surface area (Å²) in [6.45, 7) is 14.5. The smallest absolute Gasteiger partial charge is 0.410 e. The normalized spacial score (nSPS) is 16.6. The van der Waals surface area contributed by atoms with Crippen LogP contribution in [-0.2, 0) is 16.2 Å². The van der Waals surface area contributed by atoms with Crippen molar-refractivity contribution in [3.05, 3.63) is 47.5 Å². The lowest BCUT2D eigenvalue weighted by Gasteiger charge is -2.28. The first kappa shape index (κ1) is 26.6. The second-order valence-electron chi connectivity index (χ2n) is 11.7. The van der Waals surface area contributed by atoms with Crippen LogP contribution in [0.5, 0.6) is 0 Å². The third-order valence-corrected chi connectivity index (χ3v) is 8.08. The standard InChI is InChI=1S/C27H37ClN4O3Si/c1-27(2,3)35-26(33)32-13-7-8-23(32)25-30-22(17-31(25)18-34-14-15-36(4,5)6)20-9-11-21-19(16-20)10-12-24(28)29-21/h9-12,16-17,23H,7-8,13-15,18H2,1-6H3. The number of benzene rings is 1. The lowest BCUT2D eigenvalue weighted by atomic mass is 10.1. The summed E-state index contributed by atoms with van der Waals surface area (Å²) in [6, 6.07) is 10.7. The fraction of sp³-hybridized carbons (Fsp3) is 0.519. The number of amides is 1. The maximum atomic E-state index is 13.0. The molecule has 3 aromatic rings. The quantitative estimate of drug-likeness (QED) is 0.185. The van der Waals surface area contributed by atoms with E-state index in [4.69, 9.17) is 26.1 Å². The molecule has 4 rings (SSSR count). The summed E-state index contributed by atoms with van der Waals surface area (Å²) in [7, 11) is -1.20. The number of carbonyl (C=O) groups is 1. The van der Waals surface area contributed by atoms with Gasteiger partial charge in [-0.1, -0.05) is 37.3 Å². The number of carbonyl (C=O) groups excluding carboxylic acids is 1. The molecule has 1 atom stereocenters. The van der Waals surface area contributed by atoms with Gasteiger partial charge in [0.05, 0.1) is 17.3 Å².